The smallest absolute Gasteiger partial charge is 0.329 e. The molecule has 0 heterocycles. The van der Waals surface area contributed by atoms with E-state index in [1.165, 1.54) is 6.08 Å². The van der Waals surface area contributed by atoms with Gasteiger partial charge in [0.15, 0.2) is 23.4 Å². The fraction of sp³-hybridized carbons (Fsp3) is 0.538. The van der Waals surface area contributed by atoms with Crippen LogP contribution in [0.3, 0.4) is 0 Å². The highest BCUT2D eigenvalue weighted by Gasteiger charge is 2.49. The van der Waals surface area contributed by atoms with E-state index in [0.717, 1.165) is 6.08 Å². The number of carboxylic acid groups (broad SMARTS) is 1. The summed E-state index contributed by atoms with van der Waals surface area (Å²) >= 11 is 0. The van der Waals surface area contributed by atoms with E-state index in [1.54, 1.807) is 0 Å². The third-order valence-corrected chi connectivity index (χ3v) is 3.44. The molecule has 0 saturated heterocycles. The zero-order valence-electron chi connectivity index (χ0n) is 12.4. The van der Waals surface area contributed by atoms with Crippen LogP contribution < -0.4 is 22.5 Å². The van der Waals surface area contributed by atoms with Gasteiger partial charge < -0.3 is 32.7 Å². The highest BCUT2D eigenvalue weighted by Crippen LogP contribution is 2.24. The van der Waals surface area contributed by atoms with E-state index in [2.05, 4.69) is 10.3 Å². The Balaban J connectivity index is 2.63. The Kier molecular flexibility index (Phi) is 6.22. The maximum Gasteiger partial charge on any atom is 0.329 e. The normalized spacial score (nSPS) is 22.4. The van der Waals surface area contributed by atoms with Crippen molar-refractivity contribution in [2.45, 2.75) is 36.9 Å². The fourth-order valence-electron chi connectivity index (χ4n) is 2.14. The first kappa shape index (κ1) is 18.6. The van der Waals surface area contributed by atoms with Crippen LogP contribution in [0, 0.1) is 0 Å². The summed E-state index contributed by atoms with van der Waals surface area (Å²) in [4.78, 5) is 38.6. The number of aliphatic carboxylic acids is 1. The maximum atomic E-state index is 12.0. The lowest BCUT2D eigenvalue weighted by Crippen LogP contribution is -2.61. The Morgan fingerprint density at radius 3 is 2.57 bits per heavy atom. The van der Waals surface area contributed by atoms with Crippen LogP contribution in [0.5, 0.6) is 0 Å². The van der Waals surface area contributed by atoms with Crippen molar-refractivity contribution in [3.05, 3.63) is 12.2 Å². The van der Waals surface area contributed by atoms with Gasteiger partial charge in [-0.1, -0.05) is 6.08 Å². The number of aliphatic hydroxyl groups is 1. The molecule has 0 aromatic rings. The monoisotopic (exact) mass is 327 g/mol. The van der Waals surface area contributed by atoms with Gasteiger partial charge in [0.2, 0.25) is 5.91 Å². The van der Waals surface area contributed by atoms with E-state index in [9.17, 15) is 24.6 Å². The largest absolute Gasteiger partial charge is 0.480 e. The highest BCUT2D eigenvalue weighted by atomic mass is 16.4. The number of amides is 1. The number of carbonyl (C=O) groups is 3. The third kappa shape index (κ3) is 4.76. The zero-order chi connectivity index (χ0) is 17.6. The molecule has 0 aromatic carbocycles. The number of nitrogens with zero attached hydrogens (tertiary/aromatic N) is 1. The topological polar surface area (TPSA) is 194 Å². The maximum absolute atomic E-state index is 12.0. The number of guanidine groups is 1. The second kappa shape index (κ2) is 7.70. The molecule has 0 bridgehead atoms. The van der Waals surface area contributed by atoms with E-state index in [1.807, 2.05) is 0 Å². The number of carbonyl (C=O) groups excluding carboxylic acids is 2. The molecular formula is C13H21N5O5. The fourth-order valence-corrected chi connectivity index (χ4v) is 2.14. The van der Waals surface area contributed by atoms with Crippen LogP contribution in [0.2, 0.25) is 0 Å². The lowest BCUT2D eigenvalue weighted by molar-refractivity contribution is -0.155. The first-order chi connectivity index (χ1) is 10.7. The first-order valence-electron chi connectivity index (χ1n) is 6.96. The van der Waals surface area contributed by atoms with Crippen LogP contribution >= 0.6 is 0 Å². The lowest BCUT2D eigenvalue weighted by Gasteiger charge is -2.29. The SMILES string of the molecule is NC(N)=NCCC[C@H](N)C(=O)NC(C(=O)O)C1(O)CC=CC1=O. The summed E-state index contributed by atoms with van der Waals surface area (Å²) in [5, 5.41) is 21.5. The number of nitrogens with two attached hydrogens (primary N) is 3. The predicted octanol–water partition coefficient (Wildman–Crippen LogP) is -2.80. The van der Waals surface area contributed by atoms with E-state index < -0.39 is 35.3 Å². The van der Waals surface area contributed by atoms with Crippen molar-refractivity contribution in [3.8, 4) is 0 Å². The average molecular weight is 327 g/mol. The summed E-state index contributed by atoms with van der Waals surface area (Å²) in [7, 11) is 0. The van der Waals surface area contributed by atoms with E-state index in [4.69, 9.17) is 17.2 Å². The Bertz CT molecular complexity index is 543. The summed E-state index contributed by atoms with van der Waals surface area (Å²) in [5.41, 5.74) is 13.8. The van der Waals surface area contributed by atoms with Gasteiger partial charge in [-0.15, -0.1) is 0 Å². The molecule has 0 aliphatic heterocycles. The van der Waals surface area contributed by atoms with Crippen molar-refractivity contribution in [3.63, 3.8) is 0 Å². The number of hydrogen-bond donors (Lipinski definition) is 6. The van der Waals surface area contributed by atoms with Gasteiger partial charge in [-0.2, -0.15) is 0 Å². The van der Waals surface area contributed by atoms with Gasteiger partial charge in [-0.05, 0) is 18.9 Å². The Hall–Kier alpha value is -2.46. The second-order valence-electron chi connectivity index (χ2n) is 5.23. The molecule has 0 saturated carbocycles. The molecule has 1 rings (SSSR count). The van der Waals surface area contributed by atoms with Gasteiger partial charge in [0.25, 0.3) is 0 Å². The Morgan fingerprint density at radius 1 is 1.43 bits per heavy atom. The van der Waals surface area contributed by atoms with Gasteiger partial charge in [0.05, 0.1) is 6.04 Å². The minimum Gasteiger partial charge on any atom is -0.480 e. The van der Waals surface area contributed by atoms with Crippen molar-refractivity contribution in [2.75, 3.05) is 6.54 Å². The number of carboxylic acids is 1. The molecule has 0 fully saturated rings. The summed E-state index contributed by atoms with van der Waals surface area (Å²) in [6, 6.07) is -2.79. The van der Waals surface area contributed by atoms with Crippen LogP contribution in [-0.4, -0.2) is 58.1 Å². The van der Waals surface area contributed by atoms with E-state index >= 15 is 0 Å². The molecule has 1 aliphatic carbocycles. The highest BCUT2D eigenvalue weighted by molar-refractivity contribution is 6.04. The van der Waals surface area contributed by atoms with Crippen molar-refractivity contribution in [1.29, 1.82) is 0 Å². The molecule has 128 valence electrons. The Labute approximate surface area is 132 Å². The molecule has 0 spiro atoms. The van der Waals surface area contributed by atoms with E-state index in [-0.39, 0.29) is 25.3 Å². The molecule has 9 N–H and O–H groups in total. The van der Waals surface area contributed by atoms with Crippen LogP contribution in [0.4, 0.5) is 0 Å². The predicted molar refractivity (Wildman–Crippen MR) is 81.2 cm³/mol. The minimum atomic E-state index is -2.19. The quantitative estimate of drug-likeness (QED) is 0.156. The van der Waals surface area contributed by atoms with Gasteiger partial charge >= 0.3 is 5.97 Å². The van der Waals surface area contributed by atoms with Crippen LogP contribution in [-0.2, 0) is 14.4 Å². The number of aliphatic imine (C=N–C) groups is 1. The molecule has 10 heteroatoms. The number of rotatable bonds is 8. The van der Waals surface area contributed by atoms with Crippen molar-refractivity contribution < 1.29 is 24.6 Å². The summed E-state index contributed by atoms with van der Waals surface area (Å²) in [5.74, 6) is -3.16. The number of ketones is 1. The standard InChI is InChI=1S/C13H21N5O5/c14-7(3-2-6-17-12(15)16)10(20)18-9(11(21)22)13(23)5-1-4-8(13)19/h1,4,7,9,23H,2-3,5-6,14H2,(H,18,20)(H,21,22)(H4,15,16,17)/t7-,9?,13?/m0/s1. The Morgan fingerprint density at radius 2 is 2.09 bits per heavy atom. The average Bonchev–Trinajstić information content (AvgIpc) is 2.80. The van der Waals surface area contributed by atoms with E-state index in [0.29, 0.717) is 6.42 Å². The van der Waals surface area contributed by atoms with Crippen molar-refractivity contribution in [1.82, 2.24) is 5.32 Å². The van der Waals surface area contributed by atoms with Crippen molar-refractivity contribution in [2.24, 2.45) is 22.2 Å². The van der Waals surface area contributed by atoms with Crippen LogP contribution in [0.25, 0.3) is 0 Å². The first-order valence-corrected chi connectivity index (χ1v) is 6.96. The van der Waals surface area contributed by atoms with Crippen molar-refractivity contribution >= 4 is 23.6 Å². The van der Waals surface area contributed by atoms with Gasteiger partial charge in [-0.25, -0.2) is 4.79 Å². The molecule has 2 unspecified atom stereocenters. The van der Waals surface area contributed by atoms with Crippen LogP contribution in [0.1, 0.15) is 19.3 Å². The molecule has 0 radical (unpaired) electrons. The van der Waals surface area contributed by atoms with Gasteiger partial charge in [0, 0.05) is 13.0 Å². The van der Waals surface area contributed by atoms with Crippen LogP contribution in [0.15, 0.2) is 17.1 Å². The molecule has 23 heavy (non-hydrogen) atoms. The molecule has 1 aliphatic rings. The molecule has 3 atom stereocenters. The summed E-state index contributed by atoms with van der Waals surface area (Å²) in [6.07, 6.45) is 2.86. The summed E-state index contributed by atoms with van der Waals surface area (Å²) < 4.78 is 0. The minimum absolute atomic E-state index is 0.0802. The second-order valence-corrected chi connectivity index (χ2v) is 5.23. The molecule has 10 nitrogen and oxygen atoms in total. The molecule has 1 amide bonds. The van der Waals surface area contributed by atoms with Gasteiger partial charge in [-0.3, -0.25) is 14.6 Å². The molecule has 0 aromatic heterocycles. The number of nitrogens with one attached hydrogen (secondary N) is 1. The van der Waals surface area contributed by atoms with Gasteiger partial charge in [0.1, 0.15) is 0 Å². The zero-order valence-corrected chi connectivity index (χ0v) is 12.4. The third-order valence-electron chi connectivity index (χ3n) is 3.44. The molecular weight excluding hydrogens is 306 g/mol. The number of hydrogen-bond acceptors (Lipinski definition) is 6. The summed E-state index contributed by atoms with van der Waals surface area (Å²) in [6.45, 7) is 0.276. The lowest BCUT2D eigenvalue weighted by atomic mass is 9.90.